The highest BCUT2D eigenvalue weighted by atomic mass is 16.5. The van der Waals surface area contributed by atoms with Crippen molar-refractivity contribution in [3.8, 4) is 5.75 Å². The van der Waals surface area contributed by atoms with Crippen LogP contribution < -0.4 is 10.1 Å². The molecule has 0 radical (unpaired) electrons. The molecule has 1 aliphatic carbocycles. The molecule has 30 heavy (non-hydrogen) atoms. The number of rotatable bonds is 2. The van der Waals surface area contributed by atoms with E-state index in [0.29, 0.717) is 49.7 Å². The van der Waals surface area contributed by atoms with E-state index in [1.165, 1.54) is 5.56 Å². The van der Waals surface area contributed by atoms with Crippen molar-refractivity contribution in [2.24, 2.45) is 7.05 Å². The van der Waals surface area contributed by atoms with Crippen molar-refractivity contribution in [2.75, 3.05) is 13.1 Å². The number of Topliss-reactive ketones (excluding diaryl/α,β-unsaturated/α-hetero) is 1. The van der Waals surface area contributed by atoms with Gasteiger partial charge in [0.2, 0.25) is 0 Å². The SMILES string of the molecule is Cc1nn(C)c2c1OC1(CCN(C(=O)NC3CC(c4ccccc4)C3)CC1)CC2=O. The average molecular weight is 409 g/mol. The van der Waals surface area contributed by atoms with E-state index < -0.39 is 5.60 Å². The summed E-state index contributed by atoms with van der Waals surface area (Å²) < 4.78 is 7.94. The number of amides is 2. The van der Waals surface area contributed by atoms with Crippen molar-refractivity contribution >= 4 is 11.8 Å². The molecule has 0 bridgehead atoms. The molecule has 0 unspecified atom stereocenters. The van der Waals surface area contributed by atoms with Crippen LogP contribution in [0.3, 0.4) is 0 Å². The lowest BCUT2D eigenvalue weighted by Crippen LogP contribution is -2.56. The molecule has 1 saturated carbocycles. The Morgan fingerprint density at radius 3 is 2.60 bits per heavy atom. The number of aryl methyl sites for hydroxylation is 2. The number of urea groups is 1. The first kappa shape index (κ1) is 19.2. The first-order valence-corrected chi connectivity index (χ1v) is 10.8. The first-order chi connectivity index (χ1) is 14.4. The van der Waals surface area contributed by atoms with Crippen LogP contribution in [0.25, 0.3) is 0 Å². The summed E-state index contributed by atoms with van der Waals surface area (Å²) in [6, 6.07) is 10.7. The molecule has 5 rings (SSSR count). The molecular weight excluding hydrogens is 380 g/mol. The number of hydrogen-bond donors (Lipinski definition) is 1. The summed E-state index contributed by atoms with van der Waals surface area (Å²) in [5.41, 5.74) is 2.16. The molecule has 2 amide bonds. The molecule has 2 aromatic rings. The van der Waals surface area contributed by atoms with Crippen molar-refractivity contribution in [2.45, 2.75) is 56.6 Å². The Morgan fingerprint density at radius 1 is 1.20 bits per heavy atom. The van der Waals surface area contributed by atoms with Crippen LogP contribution in [-0.2, 0) is 7.05 Å². The first-order valence-electron chi connectivity index (χ1n) is 10.8. The Labute approximate surface area is 176 Å². The second-order valence-corrected chi connectivity index (χ2v) is 8.98. The van der Waals surface area contributed by atoms with Crippen LogP contribution in [0.4, 0.5) is 4.79 Å². The number of ether oxygens (including phenoxy) is 1. The van der Waals surface area contributed by atoms with Crippen molar-refractivity contribution in [3.63, 3.8) is 0 Å². The minimum absolute atomic E-state index is 0.00162. The number of nitrogens with one attached hydrogen (secondary N) is 1. The maximum absolute atomic E-state index is 12.7. The maximum Gasteiger partial charge on any atom is 0.317 e. The van der Waals surface area contributed by atoms with Crippen LogP contribution >= 0.6 is 0 Å². The normalized spacial score (nSPS) is 24.7. The average Bonchev–Trinajstić information content (AvgIpc) is 2.99. The van der Waals surface area contributed by atoms with Gasteiger partial charge >= 0.3 is 6.03 Å². The number of likely N-dealkylation sites (tertiary alicyclic amines) is 1. The minimum Gasteiger partial charge on any atom is -0.482 e. The van der Waals surface area contributed by atoms with Crippen molar-refractivity contribution in [1.82, 2.24) is 20.0 Å². The predicted octanol–water partition coefficient (Wildman–Crippen LogP) is 3.18. The highest BCUT2D eigenvalue weighted by Crippen LogP contribution is 2.41. The fourth-order valence-electron chi connectivity index (χ4n) is 5.09. The number of nitrogens with zero attached hydrogens (tertiary/aromatic N) is 3. The van der Waals surface area contributed by atoms with Crippen molar-refractivity contribution in [3.05, 3.63) is 47.3 Å². The third-order valence-electron chi connectivity index (χ3n) is 6.93. The summed E-state index contributed by atoms with van der Waals surface area (Å²) in [5.74, 6) is 1.24. The molecule has 2 aliphatic heterocycles. The molecule has 0 atom stereocenters. The summed E-state index contributed by atoms with van der Waals surface area (Å²) in [6.45, 7) is 3.07. The number of aromatic nitrogens is 2. The molecule has 1 aromatic heterocycles. The summed E-state index contributed by atoms with van der Waals surface area (Å²) in [4.78, 5) is 27.3. The van der Waals surface area contributed by atoms with Crippen LogP contribution in [0.5, 0.6) is 5.75 Å². The number of fused-ring (bicyclic) bond motifs is 1. The minimum atomic E-state index is -0.510. The number of piperidine rings is 1. The van der Waals surface area contributed by atoms with Crippen LogP contribution in [0.1, 0.15) is 59.8 Å². The van der Waals surface area contributed by atoms with Gasteiger partial charge in [-0.3, -0.25) is 9.48 Å². The predicted molar refractivity (Wildman–Crippen MR) is 112 cm³/mol. The molecular formula is C23H28N4O3. The van der Waals surface area contributed by atoms with E-state index in [4.69, 9.17) is 4.74 Å². The lowest BCUT2D eigenvalue weighted by molar-refractivity contribution is -0.00205. The van der Waals surface area contributed by atoms with E-state index in [1.54, 1.807) is 11.7 Å². The number of carbonyl (C=O) groups is 2. The van der Waals surface area contributed by atoms with E-state index in [-0.39, 0.29) is 17.9 Å². The third kappa shape index (κ3) is 3.26. The van der Waals surface area contributed by atoms with Gasteiger partial charge in [0, 0.05) is 39.0 Å². The van der Waals surface area contributed by atoms with Crippen LogP contribution in [-0.4, -0.2) is 51.2 Å². The maximum atomic E-state index is 12.7. The summed E-state index contributed by atoms with van der Waals surface area (Å²) >= 11 is 0. The van der Waals surface area contributed by atoms with Gasteiger partial charge in [0.15, 0.2) is 11.5 Å². The molecule has 1 spiro atoms. The highest BCUT2D eigenvalue weighted by Gasteiger charge is 2.46. The number of carbonyl (C=O) groups excluding carboxylic acids is 2. The number of benzene rings is 1. The molecule has 7 heteroatoms. The molecule has 1 N–H and O–H groups in total. The van der Waals surface area contributed by atoms with Gasteiger partial charge in [-0.05, 0) is 31.2 Å². The molecule has 158 valence electrons. The van der Waals surface area contributed by atoms with E-state index >= 15 is 0 Å². The van der Waals surface area contributed by atoms with Crippen LogP contribution in [0.2, 0.25) is 0 Å². The topological polar surface area (TPSA) is 76.5 Å². The van der Waals surface area contributed by atoms with Crippen molar-refractivity contribution in [1.29, 1.82) is 0 Å². The Hall–Kier alpha value is -2.83. The fraction of sp³-hybridized carbons (Fsp3) is 0.522. The summed E-state index contributed by atoms with van der Waals surface area (Å²) in [6.07, 6.45) is 3.67. The Balaban J connectivity index is 1.15. The van der Waals surface area contributed by atoms with Crippen molar-refractivity contribution < 1.29 is 14.3 Å². The van der Waals surface area contributed by atoms with Gasteiger partial charge in [0.1, 0.15) is 17.0 Å². The third-order valence-corrected chi connectivity index (χ3v) is 6.93. The zero-order chi connectivity index (χ0) is 20.9. The Kier molecular flexibility index (Phi) is 4.56. The van der Waals surface area contributed by atoms with E-state index in [9.17, 15) is 9.59 Å². The monoisotopic (exact) mass is 408 g/mol. The summed E-state index contributed by atoms with van der Waals surface area (Å²) in [7, 11) is 1.78. The van der Waals surface area contributed by atoms with Crippen LogP contribution in [0, 0.1) is 6.92 Å². The quantitative estimate of drug-likeness (QED) is 0.828. The highest BCUT2D eigenvalue weighted by molar-refractivity contribution is 5.99. The van der Waals surface area contributed by atoms with Gasteiger partial charge in [0.05, 0.1) is 6.42 Å². The number of ketones is 1. The molecule has 2 fully saturated rings. The fourth-order valence-corrected chi connectivity index (χ4v) is 5.09. The second kappa shape index (κ2) is 7.15. The molecule has 3 heterocycles. The lowest BCUT2D eigenvalue weighted by atomic mass is 9.76. The van der Waals surface area contributed by atoms with Gasteiger partial charge in [-0.15, -0.1) is 0 Å². The molecule has 7 nitrogen and oxygen atoms in total. The van der Waals surface area contributed by atoms with Crippen LogP contribution in [0.15, 0.2) is 30.3 Å². The smallest absolute Gasteiger partial charge is 0.317 e. The largest absolute Gasteiger partial charge is 0.482 e. The van der Waals surface area contributed by atoms with E-state index in [2.05, 4.69) is 34.7 Å². The Morgan fingerprint density at radius 2 is 1.90 bits per heavy atom. The second-order valence-electron chi connectivity index (χ2n) is 8.98. The van der Waals surface area contributed by atoms with E-state index in [0.717, 1.165) is 18.5 Å². The van der Waals surface area contributed by atoms with Gasteiger partial charge in [-0.1, -0.05) is 30.3 Å². The van der Waals surface area contributed by atoms with Gasteiger partial charge < -0.3 is 15.0 Å². The van der Waals surface area contributed by atoms with E-state index in [1.807, 2.05) is 17.9 Å². The molecule has 3 aliphatic rings. The Bertz CT molecular complexity index is 970. The lowest BCUT2D eigenvalue weighted by Gasteiger charge is -2.44. The summed E-state index contributed by atoms with van der Waals surface area (Å²) in [5, 5.41) is 7.52. The zero-order valence-electron chi connectivity index (χ0n) is 17.6. The van der Waals surface area contributed by atoms with Gasteiger partial charge in [0.25, 0.3) is 0 Å². The van der Waals surface area contributed by atoms with Gasteiger partial charge in [-0.25, -0.2) is 4.79 Å². The standard InChI is InChI=1S/C23H28N4O3/c1-15-21-20(26(2)25-15)19(28)14-23(30-21)8-10-27(11-9-23)22(29)24-18-12-17(13-18)16-6-4-3-5-7-16/h3-7,17-18H,8-14H2,1-2H3,(H,24,29). The molecule has 1 aromatic carbocycles. The zero-order valence-corrected chi connectivity index (χ0v) is 17.6. The number of hydrogen-bond acceptors (Lipinski definition) is 4. The molecule has 1 saturated heterocycles. The van der Waals surface area contributed by atoms with Gasteiger partial charge in [-0.2, -0.15) is 5.10 Å².